The van der Waals surface area contributed by atoms with E-state index in [1.807, 2.05) is 17.9 Å². The monoisotopic (exact) mass is 376 g/mol. The lowest BCUT2D eigenvalue weighted by molar-refractivity contribution is -0.135. The molecule has 27 heavy (non-hydrogen) atoms. The predicted molar refractivity (Wildman–Crippen MR) is 105 cm³/mol. The van der Waals surface area contributed by atoms with E-state index in [1.165, 1.54) is 0 Å². The Bertz CT molecular complexity index is 644. The van der Waals surface area contributed by atoms with E-state index >= 15 is 0 Å². The summed E-state index contributed by atoms with van der Waals surface area (Å²) in [4.78, 5) is 23.6. The summed E-state index contributed by atoms with van der Waals surface area (Å²) in [6, 6.07) is 1.94. The van der Waals surface area contributed by atoms with Gasteiger partial charge in [0.25, 0.3) is 0 Å². The Kier molecular flexibility index (Phi) is 6.71. The van der Waals surface area contributed by atoms with E-state index in [1.54, 1.807) is 7.05 Å². The summed E-state index contributed by atoms with van der Waals surface area (Å²) in [5, 5.41) is 7.37. The van der Waals surface area contributed by atoms with Gasteiger partial charge in [0.1, 0.15) is 0 Å². The number of piperazine rings is 1. The molecular weight excluding hydrogens is 344 g/mol. The minimum Gasteiger partial charge on any atom is -0.359 e. The van der Waals surface area contributed by atoms with Crippen LogP contribution in [0.1, 0.15) is 38.1 Å². The molecule has 3 rings (SSSR count). The van der Waals surface area contributed by atoms with Crippen molar-refractivity contribution in [2.45, 2.75) is 45.7 Å². The largest absolute Gasteiger partial charge is 0.359 e. The summed E-state index contributed by atoms with van der Waals surface area (Å²) < 4.78 is 5.32. The molecule has 0 bridgehead atoms. The molecule has 2 aliphatic rings. The van der Waals surface area contributed by atoms with Crippen molar-refractivity contribution in [2.24, 2.45) is 4.99 Å². The van der Waals surface area contributed by atoms with Gasteiger partial charge >= 0.3 is 0 Å². The van der Waals surface area contributed by atoms with E-state index in [0.717, 1.165) is 75.9 Å². The maximum Gasteiger partial charge on any atom is 0.239 e. The van der Waals surface area contributed by atoms with Crippen LogP contribution in [0.2, 0.25) is 0 Å². The van der Waals surface area contributed by atoms with Crippen LogP contribution in [0.4, 0.5) is 0 Å². The van der Waals surface area contributed by atoms with Crippen molar-refractivity contribution in [3.8, 4) is 0 Å². The smallest absolute Gasteiger partial charge is 0.239 e. The van der Waals surface area contributed by atoms with Gasteiger partial charge in [0.15, 0.2) is 11.7 Å². The molecule has 2 fully saturated rings. The van der Waals surface area contributed by atoms with Crippen molar-refractivity contribution in [3.63, 3.8) is 0 Å². The average molecular weight is 377 g/mol. The van der Waals surface area contributed by atoms with Gasteiger partial charge in [-0.1, -0.05) is 12.1 Å². The van der Waals surface area contributed by atoms with E-state index in [0.29, 0.717) is 6.54 Å². The molecule has 0 radical (unpaired) electrons. The third-order valence-corrected chi connectivity index (χ3v) is 5.54. The third-order valence-electron chi connectivity index (χ3n) is 5.54. The third kappa shape index (κ3) is 4.80. The number of carbonyl (C=O) groups is 1. The highest BCUT2D eigenvalue weighted by Crippen LogP contribution is 2.14. The number of aryl methyl sites for hydroxylation is 1. The Balaban J connectivity index is 1.47. The molecule has 0 aromatic carbocycles. The fourth-order valence-electron chi connectivity index (χ4n) is 3.78. The number of likely N-dealkylation sites (tertiary alicyclic amines) is 1. The summed E-state index contributed by atoms with van der Waals surface area (Å²) in [5.41, 5.74) is 0.965. The molecule has 2 aliphatic heterocycles. The first-order valence-corrected chi connectivity index (χ1v) is 10.0. The molecule has 8 nitrogen and oxygen atoms in total. The number of nitrogens with zero attached hydrogens (tertiary/aromatic N) is 5. The van der Waals surface area contributed by atoms with E-state index in [4.69, 9.17) is 4.52 Å². The molecule has 1 amide bonds. The van der Waals surface area contributed by atoms with E-state index in [2.05, 4.69) is 32.2 Å². The number of rotatable bonds is 5. The zero-order valence-electron chi connectivity index (χ0n) is 16.8. The number of hydrogen-bond acceptors (Lipinski definition) is 5. The van der Waals surface area contributed by atoms with Crippen LogP contribution in [0.3, 0.4) is 0 Å². The molecule has 0 aliphatic carbocycles. The highest BCUT2D eigenvalue weighted by Gasteiger charge is 2.30. The lowest BCUT2D eigenvalue weighted by Crippen LogP contribution is -2.57. The normalized spacial score (nSPS) is 20.2. The number of amides is 1. The second-order valence-corrected chi connectivity index (χ2v) is 7.27. The number of aliphatic imine (C=N–C) groups is 1. The number of hydrogen-bond donors (Lipinski definition) is 1. The number of aromatic nitrogens is 1. The quantitative estimate of drug-likeness (QED) is 0.609. The number of guanidine groups is 1. The Labute approximate surface area is 161 Å². The first-order chi connectivity index (χ1) is 13.1. The van der Waals surface area contributed by atoms with Gasteiger partial charge in [0.05, 0.1) is 18.3 Å². The number of carbonyl (C=O) groups excluding carboxylic acids is 1. The lowest BCUT2D eigenvalue weighted by Gasteiger charge is -2.39. The van der Waals surface area contributed by atoms with Crippen LogP contribution in [-0.2, 0) is 17.8 Å². The summed E-state index contributed by atoms with van der Waals surface area (Å²) in [6.07, 6.45) is 3.15. The van der Waals surface area contributed by atoms with Gasteiger partial charge in [-0.3, -0.25) is 14.7 Å². The molecule has 1 aromatic rings. The Hall–Kier alpha value is -2.09. The molecule has 1 N–H and O–H groups in total. The van der Waals surface area contributed by atoms with E-state index in [9.17, 15) is 4.79 Å². The summed E-state index contributed by atoms with van der Waals surface area (Å²) in [7, 11) is 1.80. The van der Waals surface area contributed by atoms with Crippen LogP contribution >= 0.6 is 0 Å². The zero-order chi connectivity index (χ0) is 19.2. The Morgan fingerprint density at radius 2 is 1.93 bits per heavy atom. The molecule has 150 valence electrons. The van der Waals surface area contributed by atoms with Crippen LogP contribution in [0, 0.1) is 0 Å². The maximum atomic E-state index is 12.6. The lowest BCUT2D eigenvalue weighted by atomic mass is 10.2. The van der Waals surface area contributed by atoms with Crippen molar-refractivity contribution < 1.29 is 9.32 Å². The van der Waals surface area contributed by atoms with E-state index < -0.39 is 0 Å². The molecule has 1 aromatic heterocycles. The first-order valence-electron chi connectivity index (χ1n) is 10.0. The predicted octanol–water partition coefficient (Wildman–Crippen LogP) is 0.941. The topological polar surface area (TPSA) is 77.2 Å². The Morgan fingerprint density at radius 1 is 1.22 bits per heavy atom. The Morgan fingerprint density at radius 3 is 2.52 bits per heavy atom. The van der Waals surface area contributed by atoms with E-state index in [-0.39, 0.29) is 11.9 Å². The fourth-order valence-corrected chi connectivity index (χ4v) is 3.78. The highest BCUT2D eigenvalue weighted by atomic mass is 16.5. The molecule has 3 heterocycles. The molecule has 8 heteroatoms. The van der Waals surface area contributed by atoms with Crippen molar-refractivity contribution in [1.29, 1.82) is 0 Å². The highest BCUT2D eigenvalue weighted by molar-refractivity contribution is 5.82. The van der Waals surface area contributed by atoms with Crippen LogP contribution in [0.5, 0.6) is 0 Å². The SMILES string of the molecule is CCc1cc(CNC(=NC)N2CCN(C(C)C(=O)N3CCCC3)CC2)on1. The molecule has 0 saturated carbocycles. The summed E-state index contributed by atoms with van der Waals surface area (Å²) in [6.45, 7) is 9.95. The van der Waals surface area contributed by atoms with Crippen molar-refractivity contribution in [3.05, 3.63) is 17.5 Å². The van der Waals surface area contributed by atoms with Gasteiger partial charge in [0, 0.05) is 52.4 Å². The van der Waals surface area contributed by atoms with Gasteiger partial charge in [-0.05, 0) is 26.2 Å². The molecule has 1 atom stereocenters. The van der Waals surface area contributed by atoms with Gasteiger partial charge in [-0.2, -0.15) is 0 Å². The molecule has 2 saturated heterocycles. The average Bonchev–Trinajstić information content (AvgIpc) is 3.40. The van der Waals surface area contributed by atoms with Crippen LogP contribution in [0.15, 0.2) is 15.6 Å². The van der Waals surface area contributed by atoms with Crippen molar-refractivity contribution >= 4 is 11.9 Å². The van der Waals surface area contributed by atoms with Gasteiger partial charge in [0.2, 0.25) is 5.91 Å². The summed E-state index contributed by atoms with van der Waals surface area (Å²) >= 11 is 0. The van der Waals surface area contributed by atoms with Gasteiger partial charge in [-0.25, -0.2) is 0 Å². The van der Waals surface area contributed by atoms with Crippen LogP contribution < -0.4 is 5.32 Å². The van der Waals surface area contributed by atoms with Gasteiger partial charge in [-0.15, -0.1) is 0 Å². The number of nitrogens with one attached hydrogen (secondary N) is 1. The standard InChI is InChI=1S/C19H32N6O2/c1-4-16-13-17(27-22-16)14-21-19(20-3)25-11-9-23(10-12-25)15(2)18(26)24-7-5-6-8-24/h13,15H,4-12,14H2,1-3H3,(H,20,21). The zero-order valence-corrected chi connectivity index (χ0v) is 16.8. The summed E-state index contributed by atoms with van der Waals surface area (Å²) in [5.74, 6) is 1.96. The van der Waals surface area contributed by atoms with Gasteiger partial charge < -0.3 is 19.6 Å². The van der Waals surface area contributed by atoms with Crippen LogP contribution in [-0.4, -0.2) is 84.1 Å². The maximum absolute atomic E-state index is 12.6. The second-order valence-electron chi connectivity index (χ2n) is 7.27. The van der Waals surface area contributed by atoms with Crippen molar-refractivity contribution in [1.82, 2.24) is 25.2 Å². The second kappa shape index (κ2) is 9.21. The minimum absolute atomic E-state index is 0.0399. The fraction of sp³-hybridized carbons (Fsp3) is 0.737. The first kappa shape index (κ1) is 19.7. The minimum atomic E-state index is -0.0399. The molecule has 0 spiro atoms. The van der Waals surface area contributed by atoms with Crippen molar-refractivity contribution in [2.75, 3.05) is 46.3 Å². The van der Waals surface area contributed by atoms with Crippen LogP contribution in [0.25, 0.3) is 0 Å². The molecule has 1 unspecified atom stereocenters. The molecular formula is C19H32N6O2.